The van der Waals surface area contributed by atoms with Crippen molar-refractivity contribution in [2.24, 2.45) is 5.41 Å². The average Bonchev–Trinajstić information content (AvgIpc) is 2.46. The summed E-state index contributed by atoms with van der Waals surface area (Å²) >= 11 is 0. The molecule has 2 rings (SSSR count). The SMILES string of the molecule is CCN(CC)c1ccc2cc(C(=O)C(C)(C)C)c(=O)oc2c1. The average molecular weight is 301 g/mol. The van der Waals surface area contributed by atoms with Gasteiger partial charge in [0.1, 0.15) is 11.1 Å². The molecule has 0 amide bonds. The van der Waals surface area contributed by atoms with Gasteiger partial charge in [0, 0.05) is 35.6 Å². The third-order valence-corrected chi connectivity index (χ3v) is 3.77. The lowest BCUT2D eigenvalue weighted by Gasteiger charge is -2.21. The zero-order valence-corrected chi connectivity index (χ0v) is 13.9. The minimum absolute atomic E-state index is 0.121. The third kappa shape index (κ3) is 3.06. The van der Waals surface area contributed by atoms with Crippen LogP contribution in [-0.4, -0.2) is 18.9 Å². The lowest BCUT2D eigenvalue weighted by molar-refractivity contribution is 0.0854. The number of anilines is 1. The first-order chi connectivity index (χ1) is 10.3. The summed E-state index contributed by atoms with van der Waals surface area (Å²) in [5, 5.41) is 0.767. The van der Waals surface area contributed by atoms with Crippen LogP contribution >= 0.6 is 0 Å². The van der Waals surface area contributed by atoms with Gasteiger partial charge in [-0.3, -0.25) is 4.79 Å². The van der Waals surface area contributed by atoms with Crippen molar-refractivity contribution in [1.82, 2.24) is 0 Å². The summed E-state index contributed by atoms with van der Waals surface area (Å²) in [6.07, 6.45) is 0. The summed E-state index contributed by atoms with van der Waals surface area (Å²) in [6.45, 7) is 11.3. The lowest BCUT2D eigenvalue weighted by atomic mass is 9.87. The highest BCUT2D eigenvalue weighted by atomic mass is 16.4. The van der Waals surface area contributed by atoms with E-state index in [2.05, 4.69) is 18.7 Å². The van der Waals surface area contributed by atoms with E-state index in [9.17, 15) is 9.59 Å². The predicted molar refractivity (Wildman–Crippen MR) is 89.8 cm³/mol. The number of rotatable bonds is 4. The molecule has 1 aromatic heterocycles. The molecule has 1 heterocycles. The van der Waals surface area contributed by atoms with Crippen LogP contribution in [0.5, 0.6) is 0 Å². The Kier molecular flexibility index (Phi) is 4.40. The van der Waals surface area contributed by atoms with Crippen molar-refractivity contribution in [2.45, 2.75) is 34.6 Å². The molecule has 0 aliphatic carbocycles. The van der Waals surface area contributed by atoms with E-state index >= 15 is 0 Å². The van der Waals surface area contributed by atoms with Crippen LogP contribution in [-0.2, 0) is 0 Å². The zero-order valence-electron chi connectivity index (χ0n) is 13.9. The highest BCUT2D eigenvalue weighted by Gasteiger charge is 2.26. The van der Waals surface area contributed by atoms with Gasteiger partial charge in [-0.15, -0.1) is 0 Å². The molecule has 0 bridgehead atoms. The van der Waals surface area contributed by atoms with Gasteiger partial charge in [0.2, 0.25) is 0 Å². The molecule has 4 nitrogen and oxygen atoms in total. The van der Waals surface area contributed by atoms with E-state index in [1.807, 2.05) is 18.2 Å². The maximum absolute atomic E-state index is 12.3. The van der Waals surface area contributed by atoms with Crippen molar-refractivity contribution in [3.8, 4) is 0 Å². The Bertz CT molecular complexity index is 749. The summed E-state index contributed by atoms with van der Waals surface area (Å²) in [5.41, 5.74) is 0.471. The second kappa shape index (κ2) is 5.95. The molecule has 22 heavy (non-hydrogen) atoms. The highest BCUT2D eigenvalue weighted by Crippen LogP contribution is 2.24. The zero-order chi connectivity index (χ0) is 16.5. The fraction of sp³-hybridized carbons (Fsp3) is 0.444. The molecule has 0 aliphatic heterocycles. The monoisotopic (exact) mass is 301 g/mol. The predicted octanol–water partition coefficient (Wildman–Crippen LogP) is 3.87. The Hall–Kier alpha value is -2.10. The van der Waals surface area contributed by atoms with Gasteiger partial charge in [-0.1, -0.05) is 20.8 Å². The molecule has 1 aromatic carbocycles. The number of hydrogen-bond acceptors (Lipinski definition) is 4. The summed E-state index contributed by atoms with van der Waals surface area (Å²) in [4.78, 5) is 26.6. The van der Waals surface area contributed by atoms with Crippen molar-refractivity contribution < 1.29 is 9.21 Å². The molecule has 0 unspecified atom stereocenters. The van der Waals surface area contributed by atoms with Crippen LogP contribution in [0.3, 0.4) is 0 Å². The topological polar surface area (TPSA) is 50.5 Å². The van der Waals surface area contributed by atoms with Gasteiger partial charge >= 0.3 is 5.63 Å². The standard InChI is InChI=1S/C18H23NO3/c1-6-19(7-2)13-9-8-12-10-14(16(20)18(3,4)5)17(21)22-15(12)11-13/h8-11H,6-7H2,1-5H3. The van der Waals surface area contributed by atoms with Crippen LogP contribution in [0.2, 0.25) is 0 Å². The van der Waals surface area contributed by atoms with E-state index in [4.69, 9.17) is 4.42 Å². The highest BCUT2D eigenvalue weighted by molar-refractivity contribution is 6.01. The number of carbonyl (C=O) groups excluding carboxylic acids is 1. The number of carbonyl (C=O) groups is 1. The molecule has 0 radical (unpaired) electrons. The van der Waals surface area contributed by atoms with Gasteiger partial charge in [0.15, 0.2) is 5.78 Å². The molecular weight excluding hydrogens is 278 g/mol. The van der Waals surface area contributed by atoms with Gasteiger partial charge in [-0.05, 0) is 32.0 Å². The number of Topliss-reactive ketones (excluding diaryl/α,β-unsaturated/α-hetero) is 1. The molecule has 0 saturated heterocycles. The van der Waals surface area contributed by atoms with Crippen molar-refractivity contribution in [1.29, 1.82) is 0 Å². The van der Waals surface area contributed by atoms with Gasteiger partial charge in [0.05, 0.1) is 0 Å². The van der Waals surface area contributed by atoms with Gasteiger partial charge in [-0.2, -0.15) is 0 Å². The Morgan fingerprint density at radius 3 is 2.32 bits per heavy atom. The molecule has 0 N–H and O–H groups in total. The van der Waals surface area contributed by atoms with Crippen LogP contribution in [0, 0.1) is 5.41 Å². The number of fused-ring (bicyclic) bond motifs is 1. The molecule has 118 valence electrons. The van der Waals surface area contributed by atoms with Gasteiger partial charge in [-0.25, -0.2) is 4.79 Å². The van der Waals surface area contributed by atoms with Crippen LogP contribution in [0.4, 0.5) is 5.69 Å². The van der Waals surface area contributed by atoms with Crippen molar-refractivity contribution in [3.05, 3.63) is 40.2 Å². The Morgan fingerprint density at radius 2 is 1.77 bits per heavy atom. The minimum Gasteiger partial charge on any atom is -0.422 e. The maximum atomic E-state index is 12.3. The van der Waals surface area contributed by atoms with Crippen LogP contribution in [0.1, 0.15) is 45.0 Å². The summed E-state index contributed by atoms with van der Waals surface area (Å²) in [6, 6.07) is 7.38. The van der Waals surface area contributed by atoms with Gasteiger partial charge < -0.3 is 9.32 Å². The normalized spacial score (nSPS) is 11.7. The van der Waals surface area contributed by atoms with Crippen molar-refractivity contribution in [2.75, 3.05) is 18.0 Å². The molecule has 0 aliphatic rings. The fourth-order valence-corrected chi connectivity index (χ4v) is 2.45. The largest absolute Gasteiger partial charge is 0.422 e. The Morgan fingerprint density at radius 1 is 1.14 bits per heavy atom. The molecule has 2 aromatic rings. The first-order valence-corrected chi connectivity index (χ1v) is 7.65. The molecule has 0 saturated carbocycles. The Balaban J connectivity index is 2.56. The maximum Gasteiger partial charge on any atom is 0.347 e. The van der Waals surface area contributed by atoms with E-state index in [-0.39, 0.29) is 11.3 Å². The summed E-state index contributed by atoms with van der Waals surface area (Å²) in [7, 11) is 0. The van der Waals surface area contributed by atoms with Crippen molar-refractivity contribution >= 4 is 22.4 Å². The van der Waals surface area contributed by atoms with Crippen LogP contribution in [0.15, 0.2) is 33.5 Å². The second-order valence-electron chi connectivity index (χ2n) is 6.42. The Labute approximate surface area is 130 Å². The first-order valence-electron chi connectivity index (χ1n) is 7.65. The quantitative estimate of drug-likeness (QED) is 0.635. The van der Waals surface area contributed by atoms with E-state index in [1.165, 1.54) is 0 Å². The number of nitrogens with zero attached hydrogens (tertiary/aromatic N) is 1. The number of ketones is 1. The molecular formula is C18H23NO3. The molecule has 4 heteroatoms. The molecule has 0 atom stereocenters. The van der Waals surface area contributed by atoms with Gasteiger partial charge in [0.25, 0.3) is 0 Å². The number of hydrogen-bond donors (Lipinski definition) is 0. The van der Waals surface area contributed by atoms with Crippen molar-refractivity contribution in [3.63, 3.8) is 0 Å². The fourth-order valence-electron chi connectivity index (χ4n) is 2.45. The first kappa shape index (κ1) is 16.3. The van der Waals surface area contributed by atoms with E-state index < -0.39 is 11.0 Å². The van der Waals surface area contributed by atoms with E-state index in [0.717, 1.165) is 24.2 Å². The van der Waals surface area contributed by atoms with Crippen LogP contribution in [0.25, 0.3) is 11.0 Å². The van der Waals surface area contributed by atoms with E-state index in [0.29, 0.717) is 5.58 Å². The molecule has 0 fully saturated rings. The third-order valence-electron chi connectivity index (χ3n) is 3.77. The summed E-state index contributed by atoms with van der Waals surface area (Å²) in [5.74, 6) is -0.198. The smallest absolute Gasteiger partial charge is 0.347 e. The number of benzene rings is 1. The van der Waals surface area contributed by atoms with E-state index in [1.54, 1.807) is 26.8 Å². The molecule has 0 spiro atoms. The van der Waals surface area contributed by atoms with Crippen LogP contribution < -0.4 is 10.5 Å². The lowest BCUT2D eigenvalue weighted by Crippen LogP contribution is -2.26. The minimum atomic E-state index is -0.608. The second-order valence-corrected chi connectivity index (χ2v) is 6.42. The summed E-state index contributed by atoms with van der Waals surface area (Å²) < 4.78 is 5.39.